The topological polar surface area (TPSA) is 97.5 Å². The number of carboxylic acid groups (broad SMARTS) is 1. The van der Waals surface area contributed by atoms with Crippen molar-refractivity contribution in [2.45, 2.75) is 26.4 Å². The van der Waals surface area contributed by atoms with Crippen molar-refractivity contribution in [3.05, 3.63) is 41.3 Å². The SMILES string of the molecule is Cc1cc(C)n(-c2ccc(C(=O)N3CCOC(CC(=O)O)C3)cn2)n1. The predicted octanol–water partition coefficient (Wildman–Crippen LogP) is 1.20. The highest BCUT2D eigenvalue weighted by Crippen LogP contribution is 2.14. The Balaban J connectivity index is 1.72. The Kier molecular flexibility index (Phi) is 4.80. The van der Waals surface area contributed by atoms with Crippen LogP contribution >= 0.6 is 0 Å². The molecule has 8 heteroatoms. The van der Waals surface area contributed by atoms with Crippen LogP contribution < -0.4 is 0 Å². The zero-order chi connectivity index (χ0) is 18.0. The van der Waals surface area contributed by atoms with E-state index in [1.807, 2.05) is 19.9 Å². The third-order valence-corrected chi connectivity index (χ3v) is 4.05. The molecular formula is C17H20N4O4. The maximum Gasteiger partial charge on any atom is 0.306 e. The molecular weight excluding hydrogens is 324 g/mol. The second-order valence-electron chi connectivity index (χ2n) is 6.09. The van der Waals surface area contributed by atoms with Gasteiger partial charge in [-0.1, -0.05) is 0 Å². The van der Waals surface area contributed by atoms with E-state index in [4.69, 9.17) is 9.84 Å². The van der Waals surface area contributed by atoms with Crippen molar-refractivity contribution >= 4 is 11.9 Å². The standard InChI is InChI=1S/C17H20N4O4/c1-11-7-12(2)21(19-11)15-4-3-13(9-18-15)17(24)20-5-6-25-14(10-20)8-16(22)23/h3-4,7,9,14H,5-6,8,10H2,1-2H3,(H,22,23). The quantitative estimate of drug-likeness (QED) is 0.895. The molecule has 25 heavy (non-hydrogen) atoms. The van der Waals surface area contributed by atoms with Gasteiger partial charge in [-0.25, -0.2) is 9.67 Å². The Hall–Kier alpha value is -2.74. The highest BCUT2D eigenvalue weighted by molar-refractivity contribution is 5.94. The van der Waals surface area contributed by atoms with Crippen LogP contribution in [-0.4, -0.2) is 62.4 Å². The summed E-state index contributed by atoms with van der Waals surface area (Å²) < 4.78 is 7.12. The number of ether oxygens (including phenoxy) is 1. The predicted molar refractivity (Wildman–Crippen MR) is 88.7 cm³/mol. The van der Waals surface area contributed by atoms with Crippen LogP contribution in [0.5, 0.6) is 0 Å². The van der Waals surface area contributed by atoms with E-state index in [2.05, 4.69) is 10.1 Å². The number of aromatic nitrogens is 3. The molecule has 1 amide bonds. The lowest BCUT2D eigenvalue weighted by molar-refractivity contribution is -0.141. The van der Waals surface area contributed by atoms with E-state index >= 15 is 0 Å². The molecule has 1 aliphatic rings. The Labute approximate surface area is 145 Å². The molecule has 3 rings (SSSR count). The highest BCUT2D eigenvalue weighted by atomic mass is 16.5. The van der Waals surface area contributed by atoms with Crippen molar-refractivity contribution in [1.29, 1.82) is 0 Å². The summed E-state index contributed by atoms with van der Waals surface area (Å²) in [7, 11) is 0. The van der Waals surface area contributed by atoms with Crippen molar-refractivity contribution in [3.63, 3.8) is 0 Å². The molecule has 0 radical (unpaired) electrons. The number of carbonyl (C=O) groups excluding carboxylic acids is 1. The van der Waals surface area contributed by atoms with Crippen LogP contribution in [-0.2, 0) is 9.53 Å². The molecule has 0 bridgehead atoms. The summed E-state index contributed by atoms with van der Waals surface area (Å²) in [4.78, 5) is 29.4. The third-order valence-electron chi connectivity index (χ3n) is 4.05. The number of carboxylic acids is 1. The van der Waals surface area contributed by atoms with Crippen LogP contribution in [0.25, 0.3) is 5.82 Å². The normalized spacial score (nSPS) is 17.5. The van der Waals surface area contributed by atoms with Crippen molar-refractivity contribution in [2.75, 3.05) is 19.7 Å². The van der Waals surface area contributed by atoms with Gasteiger partial charge in [-0.15, -0.1) is 0 Å². The zero-order valence-electron chi connectivity index (χ0n) is 14.2. The van der Waals surface area contributed by atoms with Crippen LogP contribution in [0.3, 0.4) is 0 Å². The van der Waals surface area contributed by atoms with Crippen LogP contribution in [0.4, 0.5) is 0 Å². The van der Waals surface area contributed by atoms with E-state index in [0.717, 1.165) is 11.4 Å². The molecule has 0 spiro atoms. The van der Waals surface area contributed by atoms with Crippen LogP contribution in [0.1, 0.15) is 28.2 Å². The van der Waals surface area contributed by atoms with E-state index in [-0.39, 0.29) is 18.9 Å². The summed E-state index contributed by atoms with van der Waals surface area (Å²) in [5, 5.41) is 13.2. The van der Waals surface area contributed by atoms with Gasteiger partial charge in [0.05, 0.1) is 30.4 Å². The first kappa shape index (κ1) is 17.1. The summed E-state index contributed by atoms with van der Waals surface area (Å²) in [5.41, 5.74) is 2.33. The minimum Gasteiger partial charge on any atom is -0.481 e. The van der Waals surface area contributed by atoms with Gasteiger partial charge in [0, 0.05) is 25.0 Å². The van der Waals surface area contributed by atoms with Crippen molar-refractivity contribution in [3.8, 4) is 5.82 Å². The van der Waals surface area contributed by atoms with Crippen molar-refractivity contribution in [1.82, 2.24) is 19.7 Å². The summed E-state index contributed by atoms with van der Waals surface area (Å²) >= 11 is 0. The largest absolute Gasteiger partial charge is 0.481 e. The molecule has 0 saturated carbocycles. The van der Waals surface area contributed by atoms with E-state index in [0.29, 0.717) is 24.5 Å². The van der Waals surface area contributed by atoms with Gasteiger partial charge in [0.1, 0.15) is 0 Å². The molecule has 1 N–H and O–H groups in total. The van der Waals surface area contributed by atoms with Crippen molar-refractivity contribution < 1.29 is 19.4 Å². The Morgan fingerprint density at radius 2 is 2.16 bits per heavy atom. The Bertz CT molecular complexity index is 784. The number of nitrogens with zero attached hydrogens (tertiary/aromatic N) is 4. The van der Waals surface area contributed by atoms with Gasteiger partial charge in [0.25, 0.3) is 5.91 Å². The molecule has 8 nitrogen and oxygen atoms in total. The molecule has 2 aromatic heterocycles. The van der Waals surface area contributed by atoms with E-state index in [1.54, 1.807) is 21.7 Å². The first-order valence-electron chi connectivity index (χ1n) is 8.06. The summed E-state index contributed by atoms with van der Waals surface area (Å²) in [6, 6.07) is 5.42. The average molecular weight is 344 g/mol. The van der Waals surface area contributed by atoms with Gasteiger partial charge in [-0.05, 0) is 32.0 Å². The van der Waals surface area contributed by atoms with Gasteiger partial charge in [0.2, 0.25) is 0 Å². The van der Waals surface area contributed by atoms with Crippen molar-refractivity contribution in [2.24, 2.45) is 0 Å². The highest BCUT2D eigenvalue weighted by Gasteiger charge is 2.26. The zero-order valence-corrected chi connectivity index (χ0v) is 14.2. The molecule has 1 atom stereocenters. The first-order valence-corrected chi connectivity index (χ1v) is 8.06. The van der Waals surface area contributed by atoms with Crippen LogP contribution in [0.15, 0.2) is 24.4 Å². The number of amides is 1. The van der Waals surface area contributed by atoms with Gasteiger partial charge in [-0.3, -0.25) is 9.59 Å². The molecule has 0 aliphatic carbocycles. The number of aliphatic carboxylic acids is 1. The van der Waals surface area contributed by atoms with E-state index in [9.17, 15) is 9.59 Å². The lowest BCUT2D eigenvalue weighted by atomic mass is 10.1. The second-order valence-corrected chi connectivity index (χ2v) is 6.09. The van der Waals surface area contributed by atoms with Gasteiger partial charge in [0.15, 0.2) is 5.82 Å². The van der Waals surface area contributed by atoms with Gasteiger partial charge >= 0.3 is 5.97 Å². The number of carbonyl (C=O) groups is 2. The minimum atomic E-state index is -0.935. The molecule has 1 unspecified atom stereocenters. The van der Waals surface area contributed by atoms with Crippen LogP contribution in [0.2, 0.25) is 0 Å². The minimum absolute atomic E-state index is 0.112. The molecule has 1 fully saturated rings. The maximum absolute atomic E-state index is 12.6. The van der Waals surface area contributed by atoms with Gasteiger partial charge in [-0.2, -0.15) is 5.10 Å². The Morgan fingerprint density at radius 3 is 2.76 bits per heavy atom. The number of aryl methyl sites for hydroxylation is 2. The van der Waals surface area contributed by atoms with Gasteiger partial charge < -0.3 is 14.7 Å². The first-order chi connectivity index (χ1) is 11.9. The number of hydrogen-bond donors (Lipinski definition) is 1. The lowest BCUT2D eigenvalue weighted by Crippen LogP contribution is -2.46. The number of hydrogen-bond acceptors (Lipinski definition) is 5. The smallest absolute Gasteiger partial charge is 0.306 e. The third kappa shape index (κ3) is 3.85. The molecule has 1 saturated heterocycles. The average Bonchev–Trinajstić information content (AvgIpc) is 2.92. The molecule has 132 valence electrons. The van der Waals surface area contributed by atoms with E-state index < -0.39 is 12.1 Å². The fourth-order valence-corrected chi connectivity index (χ4v) is 2.90. The summed E-state index contributed by atoms with van der Waals surface area (Å²) in [5.74, 6) is -0.464. The summed E-state index contributed by atoms with van der Waals surface area (Å²) in [6.45, 7) is 4.89. The monoisotopic (exact) mass is 344 g/mol. The number of pyridine rings is 1. The number of morpholine rings is 1. The van der Waals surface area contributed by atoms with E-state index in [1.165, 1.54) is 6.20 Å². The summed E-state index contributed by atoms with van der Waals surface area (Å²) in [6.07, 6.45) is 0.937. The fraction of sp³-hybridized carbons (Fsp3) is 0.412. The molecule has 0 aromatic carbocycles. The number of rotatable bonds is 4. The Morgan fingerprint density at radius 1 is 1.36 bits per heavy atom. The maximum atomic E-state index is 12.6. The van der Waals surface area contributed by atoms with Crippen LogP contribution in [0, 0.1) is 13.8 Å². The lowest BCUT2D eigenvalue weighted by Gasteiger charge is -2.32. The second kappa shape index (κ2) is 7.02. The fourth-order valence-electron chi connectivity index (χ4n) is 2.90. The molecule has 1 aliphatic heterocycles. The molecule has 2 aromatic rings. The molecule has 3 heterocycles.